The second-order valence-corrected chi connectivity index (χ2v) is 7.60. The Morgan fingerprint density at radius 1 is 1.14 bits per heavy atom. The molecule has 1 atom stereocenters. The number of anilines is 3. The van der Waals surface area contributed by atoms with E-state index in [-0.39, 0.29) is 35.5 Å². The molecule has 0 spiro atoms. The van der Waals surface area contributed by atoms with E-state index in [4.69, 9.17) is 22.1 Å². The summed E-state index contributed by atoms with van der Waals surface area (Å²) in [6, 6.07) is 16.7. The predicted octanol–water partition coefficient (Wildman–Crippen LogP) is 4.07. The molecule has 2 aromatic carbocycles. The average molecular weight is 416 g/mol. The van der Waals surface area contributed by atoms with E-state index >= 15 is 0 Å². The van der Waals surface area contributed by atoms with Crippen molar-refractivity contribution in [2.75, 3.05) is 11.1 Å². The molecule has 0 aliphatic carbocycles. The highest BCUT2D eigenvalue weighted by Crippen LogP contribution is 2.23. The van der Waals surface area contributed by atoms with Gasteiger partial charge in [-0.05, 0) is 43.3 Å². The fourth-order valence-corrected chi connectivity index (χ4v) is 3.24. The number of halogens is 1. The third kappa shape index (κ3) is 5.83. The van der Waals surface area contributed by atoms with Crippen molar-refractivity contribution < 1.29 is 9.53 Å². The van der Waals surface area contributed by atoms with Crippen LogP contribution in [-0.2, 0) is 16.1 Å². The molecule has 0 fully saturated rings. The number of hydrogen-bond donors (Lipinski definition) is 2. The van der Waals surface area contributed by atoms with Gasteiger partial charge in [-0.25, -0.2) is 0 Å². The highest BCUT2D eigenvalue weighted by Gasteiger charge is 2.17. The van der Waals surface area contributed by atoms with Gasteiger partial charge in [0.25, 0.3) is 0 Å². The number of ether oxygens (including phenoxy) is 1. The molecule has 0 amide bonds. The number of nitrogens with one attached hydrogen (secondary N) is 1. The molecular weight excluding hydrogens is 398 g/mol. The Morgan fingerprint density at radius 3 is 2.57 bits per heavy atom. The van der Waals surface area contributed by atoms with E-state index in [1.54, 1.807) is 31.2 Å². The molecule has 0 aliphatic rings. The van der Waals surface area contributed by atoms with Gasteiger partial charge in [-0.15, -0.1) is 11.8 Å². The Morgan fingerprint density at radius 2 is 1.86 bits per heavy atom. The second-order valence-electron chi connectivity index (χ2n) is 5.75. The fraction of sp³-hybridized carbons (Fsp3) is 0.158. The molecule has 0 saturated heterocycles. The molecule has 0 radical (unpaired) electrons. The number of nitrogens with zero attached hydrogens (tertiary/aromatic N) is 3. The van der Waals surface area contributed by atoms with Crippen molar-refractivity contribution >= 4 is 46.9 Å². The van der Waals surface area contributed by atoms with Crippen LogP contribution in [0.2, 0.25) is 5.02 Å². The average Bonchev–Trinajstić information content (AvgIpc) is 2.68. The molecule has 1 unspecified atom stereocenters. The van der Waals surface area contributed by atoms with Crippen LogP contribution in [0.25, 0.3) is 0 Å². The van der Waals surface area contributed by atoms with Gasteiger partial charge < -0.3 is 15.8 Å². The van der Waals surface area contributed by atoms with Gasteiger partial charge in [0.2, 0.25) is 11.9 Å². The SMILES string of the molecule is CC(Sc1ccccc1)C(=O)OCc1nc(N)nc(Nc2ccc(Cl)cc2)n1. The lowest BCUT2D eigenvalue weighted by Crippen LogP contribution is -2.18. The number of rotatable bonds is 7. The first-order chi connectivity index (χ1) is 13.5. The molecule has 1 heterocycles. The summed E-state index contributed by atoms with van der Waals surface area (Å²) in [6.45, 7) is 1.69. The maximum absolute atomic E-state index is 12.2. The number of nitrogens with two attached hydrogens (primary N) is 1. The molecule has 3 aromatic rings. The molecule has 28 heavy (non-hydrogen) atoms. The zero-order chi connectivity index (χ0) is 19.9. The van der Waals surface area contributed by atoms with Gasteiger partial charge >= 0.3 is 5.97 Å². The second kappa shape index (κ2) is 9.38. The quantitative estimate of drug-likeness (QED) is 0.439. The number of carbonyl (C=O) groups excluding carboxylic acids is 1. The summed E-state index contributed by atoms with van der Waals surface area (Å²) < 4.78 is 5.32. The summed E-state index contributed by atoms with van der Waals surface area (Å²) in [5, 5.41) is 3.26. The van der Waals surface area contributed by atoms with E-state index in [1.165, 1.54) is 11.8 Å². The van der Waals surface area contributed by atoms with Gasteiger partial charge in [-0.1, -0.05) is 29.8 Å². The third-order valence-corrected chi connectivity index (χ3v) is 4.87. The van der Waals surface area contributed by atoms with Crippen LogP contribution in [-0.4, -0.2) is 26.2 Å². The van der Waals surface area contributed by atoms with Crippen LogP contribution < -0.4 is 11.1 Å². The monoisotopic (exact) mass is 415 g/mol. The number of esters is 1. The van der Waals surface area contributed by atoms with Gasteiger partial charge in [0.05, 0.1) is 0 Å². The van der Waals surface area contributed by atoms with E-state index in [0.29, 0.717) is 5.02 Å². The van der Waals surface area contributed by atoms with Gasteiger partial charge in [-0.2, -0.15) is 15.0 Å². The first-order valence-electron chi connectivity index (χ1n) is 8.41. The summed E-state index contributed by atoms with van der Waals surface area (Å²) in [6.07, 6.45) is 0. The highest BCUT2D eigenvalue weighted by molar-refractivity contribution is 8.00. The first-order valence-corrected chi connectivity index (χ1v) is 9.67. The first kappa shape index (κ1) is 19.9. The number of carbonyl (C=O) groups is 1. The normalized spacial score (nSPS) is 11.6. The van der Waals surface area contributed by atoms with Crippen molar-refractivity contribution in [3.05, 3.63) is 65.4 Å². The number of aromatic nitrogens is 3. The summed E-state index contributed by atoms with van der Waals surface area (Å²) in [5.74, 6) is 0.186. The van der Waals surface area contributed by atoms with E-state index in [2.05, 4.69) is 20.3 Å². The summed E-state index contributed by atoms with van der Waals surface area (Å²) in [7, 11) is 0. The molecular formula is C19H18ClN5O2S. The van der Waals surface area contributed by atoms with Gasteiger partial charge in [0, 0.05) is 15.6 Å². The molecule has 7 nitrogen and oxygen atoms in total. The molecule has 3 N–H and O–H groups in total. The van der Waals surface area contributed by atoms with E-state index in [1.807, 2.05) is 30.3 Å². The lowest BCUT2D eigenvalue weighted by atomic mass is 10.3. The third-order valence-electron chi connectivity index (χ3n) is 3.53. The zero-order valence-corrected chi connectivity index (χ0v) is 16.6. The van der Waals surface area contributed by atoms with Gasteiger partial charge in [-0.3, -0.25) is 4.79 Å². The number of benzene rings is 2. The minimum absolute atomic E-state index is 0.0317. The van der Waals surface area contributed by atoms with Crippen LogP contribution in [0.1, 0.15) is 12.7 Å². The molecule has 0 saturated carbocycles. The van der Waals surface area contributed by atoms with Crippen LogP contribution in [0.3, 0.4) is 0 Å². The van der Waals surface area contributed by atoms with E-state index in [0.717, 1.165) is 10.6 Å². The van der Waals surface area contributed by atoms with Crippen molar-refractivity contribution in [2.45, 2.75) is 23.7 Å². The molecule has 9 heteroatoms. The topological polar surface area (TPSA) is 103 Å². The molecule has 0 aliphatic heterocycles. The van der Waals surface area contributed by atoms with Gasteiger partial charge in [0.1, 0.15) is 5.25 Å². The smallest absolute Gasteiger partial charge is 0.319 e. The molecule has 1 aromatic heterocycles. The highest BCUT2D eigenvalue weighted by atomic mass is 35.5. The Labute approximate surface area is 171 Å². The van der Waals surface area contributed by atoms with Crippen molar-refractivity contribution in [3.8, 4) is 0 Å². The molecule has 3 rings (SSSR count). The Balaban J connectivity index is 1.60. The summed E-state index contributed by atoms with van der Waals surface area (Å²) in [5.41, 5.74) is 6.48. The number of nitrogen functional groups attached to an aromatic ring is 1. The number of thioether (sulfide) groups is 1. The fourth-order valence-electron chi connectivity index (χ4n) is 2.23. The summed E-state index contributed by atoms with van der Waals surface area (Å²) >= 11 is 7.29. The number of hydrogen-bond acceptors (Lipinski definition) is 8. The van der Waals surface area contributed by atoms with E-state index < -0.39 is 0 Å². The van der Waals surface area contributed by atoms with Crippen LogP contribution >= 0.6 is 23.4 Å². The van der Waals surface area contributed by atoms with Crippen molar-refractivity contribution in [3.63, 3.8) is 0 Å². The van der Waals surface area contributed by atoms with E-state index in [9.17, 15) is 4.79 Å². The largest absolute Gasteiger partial charge is 0.457 e. The minimum atomic E-state index is -0.367. The maximum Gasteiger partial charge on any atom is 0.319 e. The Hall–Kier alpha value is -2.84. The van der Waals surface area contributed by atoms with Gasteiger partial charge in [0.15, 0.2) is 12.4 Å². The predicted molar refractivity (Wildman–Crippen MR) is 111 cm³/mol. The molecule has 144 valence electrons. The lowest BCUT2D eigenvalue weighted by Gasteiger charge is -2.11. The zero-order valence-electron chi connectivity index (χ0n) is 15.0. The van der Waals surface area contributed by atoms with Crippen molar-refractivity contribution in [2.24, 2.45) is 0 Å². The Bertz CT molecular complexity index is 941. The van der Waals surface area contributed by atoms with Crippen LogP contribution in [0, 0.1) is 0 Å². The van der Waals surface area contributed by atoms with Crippen LogP contribution in [0.15, 0.2) is 59.5 Å². The van der Waals surface area contributed by atoms with Crippen LogP contribution in [0.4, 0.5) is 17.6 Å². The molecule has 0 bridgehead atoms. The van der Waals surface area contributed by atoms with Crippen LogP contribution in [0.5, 0.6) is 0 Å². The van der Waals surface area contributed by atoms with Crippen molar-refractivity contribution in [1.82, 2.24) is 15.0 Å². The maximum atomic E-state index is 12.2. The standard InChI is InChI=1S/C19H18ClN5O2S/c1-12(28-15-5-3-2-4-6-15)17(26)27-11-16-23-18(21)25-19(24-16)22-14-9-7-13(20)8-10-14/h2-10,12H,11H2,1H3,(H3,21,22,23,24,25). The van der Waals surface area contributed by atoms with Crippen molar-refractivity contribution in [1.29, 1.82) is 0 Å². The lowest BCUT2D eigenvalue weighted by molar-refractivity contribution is -0.144. The Kier molecular flexibility index (Phi) is 6.67. The summed E-state index contributed by atoms with van der Waals surface area (Å²) in [4.78, 5) is 25.5. The minimum Gasteiger partial charge on any atom is -0.457 e.